The molecule has 31 heavy (non-hydrogen) atoms. The number of rotatable bonds is 9. The van der Waals surface area contributed by atoms with Gasteiger partial charge in [-0.2, -0.15) is 0 Å². The molecular formula is C23H24ClNO6. The van der Waals surface area contributed by atoms with Gasteiger partial charge >= 0.3 is 0 Å². The molecule has 1 heterocycles. The Bertz CT molecular complexity index is 955. The summed E-state index contributed by atoms with van der Waals surface area (Å²) >= 11 is 5.93. The molecule has 1 aliphatic heterocycles. The lowest BCUT2D eigenvalue weighted by molar-refractivity contribution is -0.140. The first-order valence-corrected chi connectivity index (χ1v) is 10.3. The van der Waals surface area contributed by atoms with Gasteiger partial charge in [-0.15, -0.1) is 0 Å². The molecule has 0 aromatic heterocycles. The van der Waals surface area contributed by atoms with Crippen molar-refractivity contribution in [3.63, 3.8) is 0 Å². The molecule has 7 nitrogen and oxygen atoms in total. The van der Waals surface area contributed by atoms with Crippen LogP contribution in [0.1, 0.15) is 24.1 Å². The van der Waals surface area contributed by atoms with Crippen LogP contribution in [0.4, 0.5) is 0 Å². The quantitative estimate of drug-likeness (QED) is 0.266. The van der Waals surface area contributed by atoms with Crippen molar-refractivity contribution in [2.75, 3.05) is 33.0 Å². The summed E-state index contributed by atoms with van der Waals surface area (Å²) in [6.45, 7) is 2.64. The highest BCUT2D eigenvalue weighted by atomic mass is 35.5. The molecule has 0 spiro atoms. The van der Waals surface area contributed by atoms with E-state index in [0.29, 0.717) is 28.5 Å². The van der Waals surface area contributed by atoms with Crippen LogP contribution in [0.15, 0.2) is 54.1 Å². The largest absolute Gasteiger partial charge is 0.507 e. The number of likely N-dealkylation sites (tertiary alicyclic amines) is 1. The van der Waals surface area contributed by atoms with Crippen LogP contribution < -0.4 is 4.74 Å². The second-order valence-electron chi connectivity index (χ2n) is 6.84. The average Bonchev–Trinajstić information content (AvgIpc) is 3.02. The van der Waals surface area contributed by atoms with Crippen molar-refractivity contribution >= 4 is 29.1 Å². The average molecular weight is 446 g/mol. The van der Waals surface area contributed by atoms with Crippen molar-refractivity contribution in [2.45, 2.75) is 13.0 Å². The predicted molar refractivity (Wildman–Crippen MR) is 116 cm³/mol. The van der Waals surface area contributed by atoms with Crippen LogP contribution in [0.2, 0.25) is 5.02 Å². The predicted octanol–water partition coefficient (Wildman–Crippen LogP) is 3.17. The van der Waals surface area contributed by atoms with Gasteiger partial charge in [-0.25, -0.2) is 0 Å². The maximum Gasteiger partial charge on any atom is 0.295 e. The molecule has 1 atom stereocenters. The van der Waals surface area contributed by atoms with E-state index in [4.69, 9.17) is 26.2 Å². The fourth-order valence-corrected chi connectivity index (χ4v) is 3.59. The lowest BCUT2D eigenvalue weighted by Gasteiger charge is -2.25. The maximum absolute atomic E-state index is 12.9. The van der Waals surface area contributed by atoms with Crippen LogP contribution in [0.5, 0.6) is 5.75 Å². The Labute approximate surface area is 185 Å². The van der Waals surface area contributed by atoms with Gasteiger partial charge in [0.2, 0.25) is 0 Å². The summed E-state index contributed by atoms with van der Waals surface area (Å²) in [6.07, 6.45) is 0. The van der Waals surface area contributed by atoms with Crippen LogP contribution in [0, 0.1) is 0 Å². The molecule has 1 amide bonds. The van der Waals surface area contributed by atoms with Crippen molar-refractivity contribution in [2.24, 2.45) is 0 Å². The fraction of sp³-hybridized carbons (Fsp3) is 0.304. The van der Waals surface area contributed by atoms with E-state index in [1.807, 2.05) is 6.92 Å². The van der Waals surface area contributed by atoms with E-state index in [-0.39, 0.29) is 37.7 Å². The van der Waals surface area contributed by atoms with Crippen molar-refractivity contribution in [3.8, 4) is 5.75 Å². The third kappa shape index (κ3) is 5.07. The van der Waals surface area contributed by atoms with Gasteiger partial charge in [0.15, 0.2) is 0 Å². The molecule has 0 radical (unpaired) electrons. The summed E-state index contributed by atoms with van der Waals surface area (Å²) in [5, 5.41) is 20.3. The number of benzene rings is 2. The van der Waals surface area contributed by atoms with Gasteiger partial charge in [0.05, 0.1) is 38.0 Å². The third-order valence-electron chi connectivity index (χ3n) is 4.88. The van der Waals surface area contributed by atoms with Crippen LogP contribution >= 0.6 is 11.6 Å². The minimum Gasteiger partial charge on any atom is -0.507 e. The normalized spacial score (nSPS) is 17.9. The van der Waals surface area contributed by atoms with Crippen LogP contribution in [-0.2, 0) is 14.3 Å². The van der Waals surface area contributed by atoms with Gasteiger partial charge in [-0.05, 0) is 48.9 Å². The second kappa shape index (κ2) is 10.4. The minimum atomic E-state index is -0.788. The summed E-state index contributed by atoms with van der Waals surface area (Å²) in [4.78, 5) is 27.1. The van der Waals surface area contributed by atoms with Gasteiger partial charge in [0.1, 0.15) is 11.5 Å². The number of carbonyl (C=O) groups is 2. The van der Waals surface area contributed by atoms with E-state index in [1.165, 1.54) is 4.90 Å². The molecule has 164 valence electrons. The number of aliphatic hydroxyl groups is 2. The number of hydrogen-bond donors (Lipinski definition) is 2. The first kappa shape index (κ1) is 22.8. The molecule has 1 fully saturated rings. The topological polar surface area (TPSA) is 96.3 Å². The lowest BCUT2D eigenvalue weighted by atomic mass is 9.95. The van der Waals surface area contributed by atoms with Crippen LogP contribution in [0.25, 0.3) is 5.76 Å². The monoisotopic (exact) mass is 445 g/mol. The second-order valence-corrected chi connectivity index (χ2v) is 7.27. The molecule has 0 saturated carbocycles. The summed E-state index contributed by atoms with van der Waals surface area (Å²) < 4.78 is 10.8. The molecular weight excluding hydrogens is 422 g/mol. The molecule has 2 aromatic rings. The third-order valence-corrected chi connectivity index (χ3v) is 5.13. The number of ether oxygens (including phenoxy) is 2. The summed E-state index contributed by atoms with van der Waals surface area (Å²) in [7, 11) is 0. The Hall–Kier alpha value is -2.87. The molecule has 1 aliphatic rings. The zero-order chi connectivity index (χ0) is 22.4. The maximum atomic E-state index is 12.9. The number of hydrogen-bond acceptors (Lipinski definition) is 6. The summed E-state index contributed by atoms with van der Waals surface area (Å²) in [5.41, 5.74) is 1.04. The molecule has 1 saturated heterocycles. The Morgan fingerprint density at radius 3 is 2.35 bits per heavy atom. The van der Waals surface area contributed by atoms with E-state index < -0.39 is 17.7 Å². The molecule has 2 N–H and O–H groups in total. The number of aliphatic hydroxyl groups excluding tert-OH is 2. The first-order valence-electron chi connectivity index (χ1n) is 9.93. The van der Waals surface area contributed by atoms with E-state index in [2.05, 4.69) is 0 Å². The number of Topliss-reactive ketones (excluding diaryl/α,β-unsaturated/α-hetero) is 1. The molecule has 8 heteroatoms. The smallest absolute Gasteiger partial charge is 0.295 e. The SMILES string of the molecule is CCOc1ccc(C2/C(=C(\O)c3ccc(Cl)cc3)C(=O)C(=O)N2CCOCCO)cc1. The van der Waals surface area contributed by atoms with E-state index >= 15 is 0 Å². The van der Waals surface area contributed by atoms with Gasteiger partial charge in [0.25, 0.3) is 11.7 Å². The van der Waals surface area contributed by atoms with Gasteiger partial charge < -0.3 is 24.6 Å². The van der Waals surface area contributed by atoms with Crippen LogP contribution in [-0.4, -0.2) is 59.8 Å². The zero-order valence-corrected chi connectivity index (χ0v) is 17.8. The summed E-state index contributed by atoms with van der Waals surface area (Å²) in [5.74, 6) is -1.10. The highest BCUT2D eigenvalue weighted by Crippen LogP contribution is 2.39. The number of carbonyl (C=O) groups excluding carboxylic acids is 2. The highest BCUT2D eigenvalue weighted by Gasteiger charge is 2.45. The molecule has 2 aromatic carbocycles. The number of nitrogens with zero attached hydrogens (tertiary/aromatic N) is 1. The van der Waals surface area contributed by atoms with E-state index in [0.717, 1.165) is 0 Å². The van der Waals surface area contributed by atoms with Crippen molar-refractivity contribution in [1.82, 2.24) is 4.90 Å². The Balaban J connectivity index is 2.03. The Morgan fingerprint density at radius 2 is 1.74 bits per heavy atom. The van der Waals surface area contributed by atoms with Crippen LogP contribution in [0.3, 0.4) is 0 Å². The summed E-state index contributed by atoms with van der Waals surface area (Å²) in [6, 6.07) is 12.6. The molecule has 3 rings (SSSR count). The standard InChI is InChI=1S/C23H24ClNO6/c1-2-31-18-9-5-15(6-10-18)20-19(21(27)16-3-7-17(24)8-4-16)22(28)23(29)25(20)11-13-30-14-12-26/h3-10,20,26-27H,2,11-14H2,1H3/b21-19+. The van der Waals surface area contributed by atoms with E-state index in [1.54, 1.807) is 48.5 Å². The van der Waals surface area contributed by atoms with Crippen molar-refractivity contribution in [3.05, 3.63) is 70.3 Å². The first-order chi connectivity index (χ1) is 15.0. The number of halogens is 1. The van der Waals surface area contributed by atoms with Crippen molar-refractivity contribution < 1.29 is 29.3 Å². The molecule has 0 bridgehead atoms. The Morgan fingerprint density at radius 1 is 1.06 bits per heavy atom. The number of amides is 1. The lowest BCUT2D eigenvalue weighted by Crippen LogP contribution is -2.33. The highest BCUT2D eigenvalue weighted by molar-refractivity contribution is 6.46. The number of ketones is 1. The van der Waals surface area contributed by atoms with Crippen molar-refractivity contribution in [1.29, 1.82) is 0 Å². The van der Waals surface area contributed by atoms with Gasteiger partial charge in [0, 0.05) is 17.1 Å². The molecule has 1 unspecified atom stereocenters. The van der Waals surface area contributed by atoms with Gasteiger partial charge in [-0.3, -0.25) is 9.59 Å². The fourth-order valence-electron chi connectivity index (χ4n) is 3.46. The van der Waals surface area contributed by atoms with Gasteiger partial charge in [-0.1, -0.05) is 23.7 Å². The minimum absolute atomic E-state index is 0.00126. The zero-order valence-electron chi connectivity index (χ0n) is 17.1. The molecule has 0 aliphatic carbocycles. The van der Waals surface area contributed by atoms with E-state index in [9.17, 15) is 14.7 Å². The Kier molecular flexibility index (Phi) is 7.68.